The molecule has 0 aromatic heterocycles. The van der Waals surface area contributed by atoms with Crippen LogP contribution in [0.3, 0.4) is 0 Å². The summed E-state index contributed by atoms with van der Waals surface area (Å²) in [6.45, 7) is 7.72. The van der Waals surface area contributed by atoms with Crippen LogP contribution in [0.1, 0.15) is 19.8 Å². The van der Waals surface area contributed by atoms with Crippen molar-refractivity contribution in [3.05, 3.63) is 24.3 Å². The van der Waals surface area contributed by atoms with Gasteiger partial charge in [-0.05, 0) is 30.7 Å². The molecule has 1 aromatic rings. The third kappa shape index (κ3) is 4.91. The number of ether oxygens (including phenoxy) is 1. The maximum Gasteiger partial charge on any atom is 0.221 e. The van der Waals surface area contributed by atoms with Gasteiger partial charge in [0.25, 0.3) is 0 Å². The molecule has 1 aliphatic heterocycles. The van der Waals surface area contributed by atoms with Crippen LogP contribution in [-0.2, 0) is 4.79 Å². The number of anilines is 1. The van der Waals surface area contributed by atoms with Gasteiger partial charge in [0.1, 0.15) is 5.75 Å². The molecule has 0 saturated carbocycles. The summed E-state index contributed by atoms with van der Waals surface area (Å²) in [5.74, 6) is 1.06. The van der Waals surface area contributed by atoms with Gasteiger partial charge in [-0.3, -0.25) is 9.69 Å². The fraction of sp³-hybridized carbons (Fsp3) is 0.588. The van der Waals surface area contributed by atoms with Gasteiger partial charge in [-0.1, -0.05) is 6.92 Å². The predicted octanol–water partition coefficient (Wildman–Crippen LogP) is 1.73. The molecular formula is C17H27N3O2. The molecule has 122 valence electrons. The fourth-order valence-electron chi connectivity index (χ4n) is 2.64. The van der Waals surface area contributed by atoms with E-state index in [4.69, 9.17) is 4.74 Å². The number of carbonyl (C=O) groups excluding carboxylic acids is 1. The van der Waals surface area contributed by atoms with Gasteiger partial charge in [-0.2, -0.15) is 0 Å². The van der Waals surface area contributed by atoms with Crippen molar-refractivity contribution in [3.63, 3.8) is 0 Å². The van der Waals surface area contributed by atoms with Crippen molar-refractivity contribution in [2.24, 2.45) is 0 Å². The number of piperazine rings is 1. The van der Waals surface area contributed by atoms with E-state index >= 15 is 0 Å². The molecule has 5 nitrogen and oxygen atoms in total. The van der Waals surface area contributed by atoms with Crippen LogP contribution >= 0.6 is 0 Å². The first-order valence-electron chi connectivity index (χ1n) is 8.11. The average Bonchev–Trinajstić information content (AvgIpc) is 2.58. The van der Waals surface area contributed by atoms with Crippen LogP contribution in [0.15, 0.2) is 24.3 Å². The topological polar surface area (TPSA) is 44.8 Å². The summed E-state index contributed by atoms with van der Waals surface area (Å²) in [4.78, 5) is 16.4. The molecule has 1 N–H and O–H groups in total. The van der Waals surface area contributed by atoms with Crippen molar-refractivity contribution >= 4 is 11.6 Å². The Morgan fingerprint density at radius 3 is 2.45 bits per heavy atom. The summed E-state index contributed by atoms with van der Waals surface area (Å²) in [6, 6.07) is 8.21. The van der Waals surface area contributed by atoms with Crippen molar-refractivity contribution in [2.45, 2.75) is 19.8 Å². The Bertz CT molecular complexity index is 453. The molecule has 1 fully saturated rings. The molecule has 0 bridgehead atoms. The highest BCUT2D eigenvalue weighted by Gasteiger charge is 2.17. The van der Waals surface area contributed by atoms with E-state index in [-0.39, 0.29) is 5.91 Å². The Morgan fingerprint density at radius 2 is 1.86 bits per heavy atom. The molecule has 1 saturated heterocycles. The van der Waals surface area contributed by atoms with E-state index in [9.17, 15) is 4.79 Å². The van der Waals surface area contributed by atoms with Crippen molar-refractivity contribution < 1.29 is 9.53 Å². The summed E-state index contributed by atoms with van der Waals surface area (Å²) in [6.07, 6.45) is 1.59. The normalized spacial score (nSPS) is 15.6. The van der Waals surface area contributed by atoms with Gasteiger partial charge >= 0.3 is 0 Å². The zero-order valence-electron chi connectivity index (χ0n) is 13.7. The second kappa shape index (κ2) is 8.63. The molecule has 0 aliphatic carbocycles. The van der Waals surface area contributed by atoms with E-state index in [1.54, 1.807) is 7.11 Å². The van der Waals surface area contributed by atoms with Gasteiger partial charge in [0, 0.05) is 51.4 Å². The molecule has 0 atom stereocenters. The van der Waals surface area contributed by atoms with Gasteiger partial charge in [0.15, 0.2) is 0 Å². The van der Waals surface area contributed by atoms with Gasteiger partial charge < -0.3 is 15.0 Å². The standard InChI is InChI=1S/C17H27N3O2/c1-3-9-18-17(21)8-10-19-11-13-20(14-12-19)15-4-6-16(22-2)7-5-15/h4-7H,3,8-14H2,1-2H3,(H,18,21). The van der Waals surface area contributed by atoms with E-state index in [0.29, 0.717) is 6.42 Å². The molecule has 1 amide bonds. The Morgan fingerprint density at radius 1 is 1.18 bits per heavy atom. The number of nitrogens with one attached hydrogen (secondary N) is 1. The highest BCUT2D eigenvalue weighted by Crippen LogP contribution is 2.20. The fourth-order valence-corrected chi connectivity index (χ4v) is 2.64. The minimum atomic E-state index is 0.166. The summed E-state index contributed by atoms with van der Waals surface area (Å²) >= 11 is 0. The predicted molar refractivity (Wildman–Crippen MR) is 89.6 cm³/mol. The molecule has 5 heteroatoms. The van der Waals surface area contributed by atoms with Crippen LogP contribution in [0.5, 0.6) is 5.75 Å². The first-order valence-corrected chi connectivity index (χ1v) is 8.11. The van der Waals surface area contributed by atoms with Crippen molar-refractivity contribution in [1.82, 2.24) is 10.2 Å². The van der Waals surface area contributed by atoms with E-state index in [1.807, 2.05) is 12.1 Å². The highest BCUT2D eigenvalue weighted by atomic mass is 16.5. The molecule has 0 spiro atoms. The van der Waals surface area contributed by atoms with Crippen LogP contribution < -0.4 is 15.0 Å². The van der Waals surface area contributed by atoms with E-state index in [1.165, 1.54) is 5.69 Å². The first-order chi connectivity index (χ1) is 10.7. The number of benzene rings is 1. The second-order valence-electron chi connectivity index (χ2n) is 5.63. The number of methoxy groups -OCH3 is 1. The smallest absolute Gasteiger partial charge is 0.221 e. The molecule has 22 heavy (non-hydrogen) atoms. The molecule has 1 aliphatic rings. The Kier molecular flexibility index (Phi) is 6.52. The lowest BCUT2D eigenvalue weighted by molar-refractivity contribution is -0.121. The maximum absolute atomic E-state index is 11.6. The Hall–Kier alpha value is -1.75. The van der Waals surface area contributed by atoms with Crippen LogP contribution in [0.25, 0.3) is 0 Å². The SMILES string of the molecule is CCCNC(=O)CCN1CCN(c2ccc(OC)cc2)CC1. The summed E-state index contributed by atoms with van der Waals surface area (Å²) in [5.41, 5.74) is 1.24. The minimum Gasteiger partial charge on any atom is -0.497 e. The maximum atomic E-state index is 11.6. The van der Waals surface area contributed by atoms with Gasteiger partial charge in [-0.15, -0.1) is 0 Å². The van der Waals surface area contributed by atoms with E-state index in [0.717, 1.165) is 51.4 Å². The summed E-state index contributed by atoms with van der Waals surface area (Å²) in [7, 11) is 1.68. The number of hydrogen-bond acceptors (Lipinski definition) is 4. The van der Waals surface area contributed by atoms with Crippen LogP contribution in [0.2, 0.25) is 0 Å². The van der Waals surface area contributed by atoms with Crippen molar-refractivity contribution in [3.8, 4) is 5.75 Å². The number of nitrogens with zero attached hydrogens (tertiary/aromatic N) is 2. The summed E-state index contributed by atoms with van der Waals surface area (Å²) < 4.78 is 5.19. The molecule has 1 aromatic carbocycles. The van der Waals surface area contributed by atoms with E-state index < -0.39 is 0 Å². The first kappa shape index (κ1) is 16.6. The zero-order chi connectivity index (χ0) is 15.8. The Balaban J connectivity index is 1.72. The number of rotatable bonds is 7. The zero-order valence-corrected chi connectivity index (χ0v) is 13.7. The highest BCUT2D eigenvalue weighted by molar-refractivity contribution is 5.76. The largest absolute Gasteiger partial charge is 0.497 e. The lowest BCUT2D eigenvalue weighted by Crippen LogP contribution is -2.47. The van der Waals surface area contributed by atoms with Gasteiger partial charge in [0.2, 0.25) is 5.91 Å². The molecule has 0 radical (unpaired) electrons. The monoisotopic (exact) mass is 305 g/mol. The van der Waals surface area contributed by atoms with Gasteiger partial charge in [0.05, 0.1) is 7.11 Å². The van der Waals surface area contributed by atoms with E-state index in [2.05, 4.69) is 34.2 Å². The van der Waals surface area contributed by atoms with Crippen molar-refractivity contribution in [2.75, 3.05) is 51.3 Å². The molecule has 1 heterocycles. The van der Waals surface area contributed by atoms with Gasteiger partial charge in [-0.25, -0.2) is 0 Å². The third-order valence-electron chi connectivity index (χ3n) is 4.04. The third-order valence-corrected chi connectivity index (χ3v) is 4.04. The molecule has 0 unspecified atom stereocenters. The summed E-state index contributed by atoms with van der Waals surface area (Å²) in [5, 5.41) is 2.93. The lowest BCUT2D eigenvalue weighted by atomic mass is 10.2. The van der Waals surface area contributed by atoms with Crippen molar-refractivity contribution in [1.29, 1.82) is 0 Å². The number of carbonyl (C=O) groups is 1. The number of hydrogen-bond donors (Lipinski definition) is 1. The molecular weight excluding hydrogens is 278 g/mol. The van der Waals surface area contributed by atoms with Crippen LogP contribution in [-0.4, -0.2) is 57.2 Å². The minimum absolute atomic E-state index is 0.166. The van der Waals surface area contributed by atoms with Crippen LogP contribution in [0.4, 0.5) is 5.69 Å². The lowest BCUT2D eigenvalue weighted by Gasteiger charge is -2.36. The quantitative estimate of drug-likeness (QED) is 0.833. The Labute approximate surface area is 133 Å². The van der Waals surface area contributed by atoms with Crippen LogP contribution in [0, 0.1) is 0 Å². The molecule has 2 rings (SSSR count). The average molecular weight is 305 g/mol. The second-order valence-corrected chi connectivity index (χ2v) is 5.63. The number of amides is 1.